The molecule has 0 spiro atoms. The molecule has 3 atom stereocenters. The smallest absolute Gasteiger partial charge is 0.191 e. The van der Waals surface area contributed by atoms with Crippen molar-refractivity contribution in [3.8, 4) is 0 Å². The summed E-state index contributed by atoms with van der Waals surface area (Å²) in [5.41, 5.74) is 0.164. The summed E-state index contributed by atoms with van der Waals surface area (Å²) in [6.07, 6.45) is 5.18. The zero-order chi connectivity index (χ0) is 16.3. The van der Waals surface area contributed by atoms with E-state index in [1.54, 1.807) is 6.26 Å². The first-order chi connectivity index (χ1) is 11.1. The fourth-order valence-electron chi connectivity index (χ4n) is 3.90. The lowest BCUT2D eigenvalue weighted by Crippen LogP contribution is -2.68. The number of fused-ring (bicyclic) bond motifs is 1. The number of furan rings is 1. The Morgan fingerprint density at radius 1 is 1.43 bits per heavy atom. The van der Waals surface area contributed by atoms with Crippen molar-refractivity contribution in [2.24, 2.45) is 16.3 Å². The first-order valence-corrected chi connectivity index (χ1v) is 8.81. The largest absolute Gasteiger partial charge is 0.469 e. The monoisotopic (exact) mass is 319 g/mol. The molecule has 1 aliphatic heterocycles. The number of nitrogens with one attached hydrogen (secondary N) is 2. The van der Waals surface area contributed by atoms with Gasteiger partial charge in [-0.05, 0) is 25.0 Å². The van der Waals surface area contributed by atoms with Crippen molar-refractivity contribution in [2.45, 2.75) is 52.2 Å². The minimum Gasteiger partial charge on any atom is -0.469 e. The predicted molar refractivity (Wildman–Crippen MR) is 91.6 cm³/mol. The van der Waals surface area contributed by atoms with Gasteiger partial charge in [0.1, 0.15) is 5.76 Å². The van der Waals surface area contributed by atoms with Crippen molar-refractivity contribution in [1.82, 2.24) is 10.6 Å². The van der Waals surface area contributed by atoms with Crippen LogP contribution in [0.25, 0.3) is 0 Å². The zero-order valence-corrected chi connectivity index (χ0v) is 14.5. The minimum atomic E-state index is 0.164. The molecular weight excluding hydrogens is 290 g/mol. The van der Waals surface area contributed by atoms with Crippen LogP contribution in [-0.2, 0) is 11.2 Å². The van der Waals surface area contributed by atoms with Gasteiger partial charge in [0.15, 0.2) is 5.96 Å². The lowest BCUT2D eigenvalue weighted by atomic mass is 9.57. The molecule has 3 rings (SSSR count). The molecule has 1 aliphatic carbocycles. The van der Waals surface area contributed by atoms with Crippen LogP contribution in [0.2, 0.25) is 0 Å². The standard InChI is InChI=1S/C18H29N3O2/c1-4-9-19-17(20-10-7-13-6-5-11-22-13)21-15-14-8-12-23-16(14)18(15,2)3/h5-6,11,14-16H,4,7-10,12H2,1-3H3,(H2,19,20,21). The highest BCUT2D eigenvalue weighted by Gasteiger charge is 2.59. The molecule has 1 saturated carbocycles. The highest BCUT2D eigenvalue weighted by atomic mass is 16.5. The molecule has 5 nitrogen and oxygen atoms in total. The minimum absolute atomic E-state index is 0.164. The van der Waals surface area contributed by atoms with E-state index in [1.807, 2.05) is 12.1 Å². The van der Waals surface area contributed by atoms with Crippen LogP contribution >= 0.6 is 0 Å². The molecule has 1 saturated heterocycles. The van der Waals surface area contributed by atoms with Crippen molar-refractivity contribution >= 4 is 5.96 Å². The van der Waals surface area contributed by atoms with Gasteiger partial charge in [-0.15, -0.1) is 0 Å². The number of hydrogen-bond donors (Lipinski definition) is 2. The van der Waals surface area contributed by atoms with Crippen LogP contribution in [0.3, 0.4) is 0 Å². The second-order valence-electron chi connectivity index (χ2n) is 7.17. The van der Waals surface area contributed by atoms with Crippen LogP contribution in [0, 0.1) is 11.3 Å². The number of rotatable bonds is 6. The second kappa shape index (κ2) is 6.95. The highest BCUT2D eigenvalue weighted by molar-refractivity contribution is 5.80. The number of hydrogen-bond acceptors (Lipinski definition) is 3. The van der Waals surface area contributed by atoms with Gasteiger partial charge in [0.05, 0.1) is 12.4 Å². The molecule has 23 heavy (non-hydrogen) atoms. The van der Waals surface area contributed by atoms with E-state index in [2.05, 4.69) is 36.4 Å². The van der Waals surface area contributed by atoms with E-state index in [0.717, 1.165) is 50.7 Å². The molecule has 0 amide bonds. The third kappa shape index (κ3) is 3.39. The van der Waals surface area contributed by atoms with Gasteiger partial charge in [-0.25, -0.2) is 0 Å². The first kappa shape index (κ1) is 16.4. The molecular formula is C18H29N3O2. The Hall–Kier alpha value is -1.49. The van der Waals surface area contributed by atoms with Crippen molar-refractivity contribution in [2.75, 3.05) is 19.7 Å². The summed E-state index contributed by atoms with van der Waals surface area (Å²) >= 11 is 0. The predicted octanol–water partition coefficient (Wildman–Crippen LogP) is 2.58. The molecule has 2 heterocycles. The molecule has 1 aromatic heterocycles. The molecule has 128 valence electrons. The second-order valence-corrected chi connectivity index (χ2v) is 7.17. The van der Waals surface area contributed by atoms with Crippen molar-refractivity contribution in [3.05, 3.63) is 24.2 Å². The van der Waals surface area contributed by atoms with E-state index in [-0.39, 0.29) is 5.41 Å². The fraction of sp³-hybridized carbons (Fsp3) is 0.722. The Balaban J connectivity index is 1.56. The average molecular weight is 319 g/mol. The van der Waals surface area contributed by atoms with Crippen molar-refractivity contribution in [1.29, 1.82) is 0 Å². The normalized spacial score (nSPS) is 29.0. The Morgan fingerprint density at radius 3 is 3.04 bits per heavy atom. The number of guanidine groups is 1. The summed E-state index contributed by atoms with van der Waals surface area (Å²) < 4.78 is 11.3. The van der Waals surface area contributed by atoms with Gasteiger partial charge in [-0.2, -0.15) is 0 Å². The van der Waals surface area contributed by atoms with Crippen LogP contribution < -0.4 is 10.6 Å². The topological polar surface area (TPSA) is 58.8 Å². The summed E-state index contributed by atoms with van der Waals surface area (Å²) in [6.45, 7) is 9.28. The van der Waals surface area contributed by atoms with E-state index >= 15 is 0 Å². The van der Waals surface area contributed by atoms with Gasteiger partial charge in [0.2, 0.25) is 0 Å². The van der Waals surface area contributed by atoms with Crippen LogP contribution in [0.4, 0.5) is 0 Å². The maximum Gasteiger partial charge on any atom is 0.191 e. The Kier molecular flexibility index (Phi) is 4.95. The van der Waals surface area contributed by atoms with E-state index in [1.165, 1.54) is 0 Å². The lowest BCUT2D eigenvalue weighted by Gasteiger charge is -2.54. The summed E-state index contributed by atoms with van der Waals surface area (Å²) in [5.74, 6) is 2.53. The fourth-order valence-corrected chi connectivity index (χ4v) is 3.90. The van der Waals surface area contributed by atoms with Crippen molar-refractivity contribution < 1.29 is 9.15 Å². The highest BCUT2D eigenvalue weighted by Crippen LogP contribution is 2.52. The van der Waals surface area contributed by atoms with Gasteiger partial charge in [-0.1, -0.05) is 20.8 Å². The molecule has 0 aromatic carbocycles. The van der Waals surface area contributed by atoms with Crippen LogP contribution in [0.15, 0.2) is 27.8 Å². The van der Waals surface area contributed by atoms with Gasteiger partial charge in [-0.3, -0.25) is 4.99 Å². The maximum atomic E-state index is 5.88. The molecule has 1 aromatic rings. The summed E-state index contributed by atoms with van der Waals surface area (Å²) in [7, 11) is 0. The summed E-state index contributed by atoms with van der Waals surface area (Å²) in [4.78, 5) is 4.69. The molecule has 2 aliphatic rings. The number of nitrogens with zero attached hydrogens (tertiary/aromatic N) is 1. The molecule has 2 fully saturated rings. The van der Waals surface area contributed by atoms with Gasteiger partial charge >= 0.3 is 0 Å². The van der Waals surface area contributed by atoms with Gasteiger partial charge in [0.25, 0.3) is 0 Å². The Bertz CT molecular complexity index is 524. The Morgan fingerprint density at radius 2 is 2.30 bits per heavy atom. The molecule has 2 N–H and O–H groups in total. The summed E-state index contributed by atoms with van der Waals surface area (Å²) in [5, 5.41) is 7.11. The Labute approximate surface area is 138 Å². The van der Waals surface area contributed by atoms with E-state index in [0.29, 0.717) is 18.1 Å². The van der Waals surface area contributed by atoms with E-state index in [4.69, 9.17) is 9.15 Å². The molecule has 5 heteroatoms. The average Bonchev–Trinajstić information content (AvgIpc) is 3.19. The maximum absolute atomic E-state index is 5.88. The third-order valence-corrected chi connectivity index (χ3v) is 5.13. The van der Waals surface area contributed by atoms with Crippen LogP contribution in [0.1, 0.15) is 39.4 Å². The van der Waals surface area contributed by atoms with Crippen LogP contribution in [-0.4, -0.2) is 37.8 Å². The van der Waals surface area contributed by atoms with Crippen molar-refractivity contribution in [3.63, 3.8) is 0 Å². The van der Waals surface area contributed by atoms with Gasteiger partial charge in [0, 0.05) is 43.5 Å². The van der Waals surface area contributed by atoms with Crippen LogP contribution in [0.5, 0.6) is 0 Å². The van der Waals surface area contributed by atoms with E-state index < -0.39 is 0 Å². The molecule has 3 unspecified atom stereocenters. The SMILES string of the molecule is CCCN=C(NCCc1ccco1)NC1C2CCOC2C1(C)C. The number of aliphatic imine (C=N–C) groups is 1. The first-order valence-electron chi connectivity index (χ1n) is 8.81. The molecule has 0 bridgehead atoms. The summed E-state index contributed by atoms with van der Waals surface area (Å²) in [6, 6.07) is 4.37. The third-order valence-electron chi connectivity index (χ3n) is 5.13. The quantitative estimate of drug-likeness (QED) is 0.625. The van der Waals surface area contributed by atoms with E-state index in [9.17, 15) is 0 Å². The molecule has 0 radical (unpaired) electrons. The zero-order valence-electron chi connectivity index (χ0n) is 14.5. The lowest BCUT2D eigenvalue weighted by molar-refractivity contribution is -0.106. The van der Waals surface area contributed by atoms with Gasteiger partial charge < -0.3 is 19.8 Å². The number of ether oxygens (including phenoxy) is 1.